The molecule has 0 aliphatic heterocycles. The molecule has 0 saturated carbocycles. The number of aromatic nitrogens is 4. The average Bonchev–Trinajstić information content (AvgIpc) is 3.05. The van der Waals surface area contributed by atoms with Crippen molar-refractivity contribution in [3.05, 3.63) is 42.2 Å². The van der Waals surface area contributed by atoms with Crippen LogP contribution in [0.2, 0.25) is 0 Å². The minimum Gasteiger partial charge on any atom is -0.497 e. The number of benzene rings is 1. The molecular weight excluding hydrogens is 242 g/mol. The summed E-state index contributed by atoms with van der Waals surface area (Å²) < 4.78 is 5.18. The van der Waals surface area contributed by atoms with E-state index in [4.69, 9.17) is 10.5 Å². The van der Waals surface area contributed by atoms with Gasteiger partial charge in [0.05, 0.1) is 30.5 Å². The van der Waals surface area contributed by atoms with Gasteiger partial charge >= 0.3 is 0 Å². The van der Waals surface area contributed by atoms with Gasteiger partial charge in [0.15, 0.2) is 0 Å². The lowest BCUT2D eigenvalue weighted by Gasteiger charge is -2.06. The molecule has 2 heterocycles. The number of hydrogen-bond donors (Lipinski definition) is 3. The summed E-state index contributed by atoms with van der Waals surface area (Å²) in [6.07, 6.45) is 4.08. The van der Waals surface area contributed by atoms with Crippen molar-refractivity contribution < 1.29 is 4.74 Å². The van der Waals surface area contributed by atoms with E-state index in [1.165, 1.54) is 0 Å². The smallest absolute Gasteiger partial charge is 0.124 e. The fourth-order valence-corrected chi connectivity index (χ4v) is 2.04. The normalized spacial score (nSPS) is 12.7. The lowest BCUT2D eigenvalue weighted by Crippen LogP contribution is -2.15. The molecule has 98 valence electrons. The molecule has 4 N–H and O–H groups in total. The Balaban J connectivity index is 1.88. The first-order valence-corrected chi connectivity index (χ1v) is 6.03. The van der Waals surface area contributed by atoms with Crippen LogP contribution in [0.25, 0.3) is 11.0 Å². The highest BCUT2D eigenvalue weighted by Gasteiger charge is 2.13. The first-order chi connectivity index (χ1) is 9.26. The number of ether oxygens (including phenoxy) is 1. The van der Waals surface area contributed by atoms with Crippen LogP contribution in [-0.2, 0) is 6.42 Å². The number of rotatable bonds is 4. The lowest BCUT2D eigenvalue weighted by molar-refractivity contribution is 0.415. The summed E-state index contributed by atoms with van der Waals surface area (Å²) in [7, 11) is 1.64. The highest BCUT2D eigenvalue weighted by molar-refractivity contribution is 5.76. The standard InChI is InChI=1S/C13H15N5O/c1-19-9-2-3-11-12(5-9)18-13(17-11)10(14)4-8-6-15-7-16-8/h2-3,5-7,10H,4,14H2,1H3,(H,15,16)(H,17,18). The fourth-order valence-electron chi connectivity index (χ4n) is 2.04. The number of nitrogens with two attached hydrogens (primary N) is 1. The second kappa shape index (κ2) is 4.74. The maximum Gasteiger partial charge on any atom is 0.124 e. The van der Waals surface area contributed by atoms with Gasteiger partial charge in [-0.05, 0) is 12.1 Å². The second-order valence-electron chi connectivity index (χ2n) is 4.39. The molecule has 0 aliphatic carbocycles. The van der Waals surface area contributed by atoms with E-state index in [2.05, 4.69) is 19.9 Å². The Morgan fingerprint density at radius 2 is 2.32 bits per heavy atom. The van der Waals surface area contributed by atoms with Gasteiger partial charge in [0.1, 0.15) is 11.6 Å². The number of methoxy groups -OCH3 is 1. The summed E-state index contributed by atoms with van der Waals surface area (Å²) >= 11 is 0. The Labute approximate surface area is 110 Å². The number of nitrogens with one attached hydrogen (secondary N) is 2. The van der Waals surface area contributed by atoms with E-state index in [0.29, 0.717) is 6.42 Å². The Kier molecular flexibility index (Phi) is 2.92. The van der Waals surface area contributed by atoms with Gasteiger partial charge in [-0.3, -0.25) is 0 Å². The third kappa shape index (κ3) is 2.30. The summed E-state index contributed by atoms with van der Waals surface area (Å²) in [5.74, 6) is 1.56. The van der Waals surface area contributed by atoms with E-state index in [-0.39, 0.29) is 6.04 Å². The second-order valence-corrected chi connectivity index (χ2v) is 4.39. The molecule has 0 bridgehead atoms. The van der Waals surface area contributed by atoms with Crippen molar-refractivity contribution in [2.24, 2.45) is 5.73 Å². The number of aromatic amines is 2. The predicted octanol–water partition coefficient (Wildman–Crippen LogP) is 1.54. The van der Waals surface area contributed by atoms with Crippen molar-refractivity contribution in [2.45, 2.75) is 12.5 Å². The molecule has 3 rings (SSSR count). The van der Waals surface area contributed by atoms with Gasteiger partial charge in [0.2, 0.25) is 0 Å². The van der Waals surface area contributed by atoms with Crippen molar-refractivity contribution in [3.8, 4) is 5.75 Å². The lowest BCUT2D eigenvalue weighted by atomic mass is 10.2. The summed E-state index contributed by atoms with van der Waals surface area (Å²) in [6, 6.07) is 5.51. The predicted molar refractivity (Wildman–Crippen MR) is 71.9 cm³/mol. The van der Waals surface area contributed by atoms with Crippen molar-refractivity contribution in [3.63, 3.8) is 0 Å². The summed E-state index contributed by atoms with van der Waals surface area (Å²) in [6.45, 7) is 0. The number of nitrogens with zero attached hydrogens (tertiary/aromatic N) is 2. The third-order valence-corrected chi connectivity index (χ3v) is 3.05. The molecule has 2 aromatic heterocycles. The molecule has 0 fully saturated rings. The first kappa shape index (κ1) is 11.7. The number of hydrogen-bond acceptors (Lipinski definition) is 4. The molecule has 1 atom stereocenters. The highest BCUT2D eigenvalue weighted by atomic mass is 16.5. The molecular formula is C13H15N5O. The first-order valence-electron chi connectivity index (χ1n) is 6.03. The van der Waals surface area contributed by atoms with Gasteiger partial charge in [-0.2, -0.15) is 0 Å². The maximum absolute atomic E-state index is 6.15. The minimum atomic E-state index is -0.196. The van der Waals surface area contributed by atoms with Gasteiger partial charge in [-0.1, -0.05) is 0 Å². The largest absolute Gasteiger partial charge is 0.497 e. The highest BCUT2D eigenvalue weighted by Crippen LogP contribution is 2.21. The molecule has 0 aliphatic rings. The topological polar surface area (TPSA) is 92.6 Å². The Morgan fingerprint density at radius 3 is 3.05 bits per heavy atom. The summed E-state index contributed by atoms with van der Waals surface area (Å²) in [4.78, 5) is 14.7. The van der Waals surface area contributed by atoms with Crippen molar-refractivity contribution in [1.29, 1.82) is 0 Å². The van der Waals surface area contributed by atoms with Crippen LogP contribution in [0, 0.1) is 0 Å². The van der Waals surface area contributed by atoms with Crippen molar-refractivity contribution >= 4 is 11.0 Å². The van der Waals surface area contributed by atoms with Gasteiger partial charge in [0.25, 0.3) is 0 Å². The van der Waals surface area contributed by atoms with Gasteiger partial charge < -0.3 is 20.4 Å². The van der Waals surface area contributed by atoms with E-state index in [9.17, 15) is 0 Å². The molecule has 0 radical (unpaired) electrons. The van der Waals surface area contributed by atoms with Gasteiger partial charge in [-0.25, -0.2) is 9.97 Å². The van der Waals surface area contributed by atoms with E-state index in [0.717, 1.165) is 28.3 Å². The Hall–Kier alpha value is -2.34. The zero-order valence-corrected chi connectivity index (χ0v) is 10.6. The van der Waals surface area contributed by atoms with Crippen LogP contribution in [0.1, 0.15) is 17.6 Å². The molecule has 1 unspecified atom stereocenters. The zero-order chi connectivity index (χ0) is 13.2. The number of imidazole rings is 2. The van der Waals surface area contributed by atoms with Gasteiger partial charge in [0, 0.05) is 24.4 Å². The molecule has 6 heteroatoms. The van der Waals surface area contributed by atoms with Crippen LogP contribution in [0.5, 0.6) is 5.75 Å². The fraction of sp³-hybridized carbons (Fsp3) is 0.231. The van der Waals surface area contributed by atoms with Crippen LogP contribution in [-0.4, -0.2) is 27.0 Å². The van der Waals surface area contributed by atoms with Crippen molar-refractivity contribution in [2.75, 3.05) is 7.11 Å². The minimum absolute atomic E-state index is 0.196. The molecule has 3 aromatic rings. The van der Waals surface area contributed by atoms with E-state index < -0.39 is 0 Å². The molecule has 0 saturated heterocycles. The Bertz CT molecular complexity index is 673. The van der Waals surface area contributed by atoms with Crippen LogP contribution in [0.4, 0.5) is 0 Å². The van der Waals surface area contributed by atoms with Crippen LogP contribution >= 0.6 is 0 Å². The quantitative estimate of drug-likeness (QED) is 0.661. The Morgan fingerprint density at radius 1 is 1.42 bits per heavy atom. The van der Waals surface area contributed by atoms with Crippen LogP contribution < -0.4 is 10.5 Å². The number of fused-ring (bicyclic) bond motifs is 1. The van der Waals surface area contributed by atoms with Crippen molar-refractivity contribution in [1.82, 2.24) is 19.9 Å². The molecule has 1 aromatic carbocycles. The van der Waals surface area contributed by atoms with E-state index in [1.54, 1.807) is 19.6 Å². The zero-order valence-electron chi connectivity index (χ0n) is 10.6. The van der Waals surface area contributed by atoms with Gasteiger partial charge in [-0.15, -0.1) is 0 Å². The van der Waals surface area contributed by atoms with E-state index >= 15 is 0 Å². The van der Waals surface area contributed by atoms with Crippen LogP contribution in [0.15, 0.2) is 30.7 Å². The monoisotopic (exact) mass is 257 g/mol. The van der Waals surface area contributed by atoms with Crippen LogP contribution in [0.3, 0.4) is 0 Å². The molecule has 0 spiro atoms. The number of H-pyrrole nitrogens is 2. The SMILES string of the molecule is COc1ccc2nc(C(N)Cc3cnc[nH]3)[nH]c2c1. The molecule has 6 nitrogen and oxygen atoms in total. The van der Waals surface area contributed by atoms with E-state index in [1.807, 2.05) is 18.2 Å². The molecule has 19 heavy (non-hydrogen) atoms. The molecule has 0 amide bonds. The average molecular weight is 257 g/mol. The summed E-state index contributed by atoms with van der Waals surface area (Å²) in [5.41, 5.74) is 8.95. The summed E-state index contributed by atoms with van der Waals surface area (Å²) in [5, 5.41) is 0. The maximum atomic E-state index is 6.15. The third-order valence-electron chi connectivity index (χ3n) is 3.05.